The van der Waals surface area contributed by atoms with Crippen LogP contribution in [0.4, 0.5) is 13.2 Å². The highest BCUT2D eigenvalue weighted by Crippen LogP contribution is 2.50. The van der Waals surface area contributed by atoms with Gasteiger partial charge in [-0.25, -0.2) is 4.79 Å². The number of piperidine rings is 1. The third kappa shape index (κ3) is 4.24. The van der Waals surface area contributed by atoms with Crippen LogP contribution in [-0.4, -0.2) is 36.0 Å². The van der Waals surface area contributed by atoms with E-state index in [4.69, 9.17) is 4.74 Å². The van der Waals surface area contributed by atoms with Crippen LogP contribution in [0.25, 0.3) is 0 Å². The van der Waals surface area contributed by atoms with E-state index in [0.29, 0.717) is 24.1 Å². The lowest BCUT2D eigenvalue weighted by Gasteiger charge is -2.29. The lowest BCUT2D eigenvalue weighted by atomic mass is 10.0. The Balaban J connectivity index is 1.27. The Bertz CT molecular complexity index is 1060. The molecule has 2 aromatic rings. The summed E-state index contributed by atoms with van der Waals surface area (Å²) in [5.74, 6) is 0.0351. The Morgan fingerprint density at radius 1 is 1.06 bits per heavy atom. The number of esters is 1. The summed E-state index contributed by atoms with van der Waals surface area (Å²) >= 11 is 0. The number of hydrogen-bond acceptors (Lipinski definition) is 4. The standard InChI is InChI=1S/C25H25F3N2O3/c1-33-23(32)16-4-8-18(9-5-16)24(10-11-24)29-22(31)21-13-17-12-20(17)30(21)14-15-2-6-19(7-3-15)25(26,27)28/h2-9,17,20-21H,10-14H2,1H3,(H,29,31)/t17-,20-,21+/m0/s1. The molecule has 5 nitrogen and oxygen atoms in total. The van der Waals surface area contributed by atoms with Crippen molar-refractivity contribution in [1.82, 2.24) is 10.2 Å². The zero-order chi connectivity index (χ0) is 23.4. The second-order valence-electron chi connectivity index (χ2n) is 9.32. The molecule has 3 atom stereocenters. The summed E-state index contributed by atoms with van der Waals surface area (Å²) in [4.78, 5) is 27.1. The zero-order valence-electron chi connectivity index (χ0n) is 18.2. The summed E-state index contributed by atoms with van der Waals surface area (Å²) in [5.41, 5.74) is 1.11. The third-order valence-electron chi connectivity index (χ3n) is 7.16. The van der Waals surface area contributed by atoms with Gasteiger partial charge < -0.3 is 10.1 Å². The monoisotopic (exact) mass is 458 g/mol. The minimum Gasteiger partial charge on any atom is -0.465 e. The summed E-state index contributed by atoms with van der Waals surface area (Å²) in [6.07, 6.45) is -0.896. The van der Waals surface area contributed by atoms with E-state index in [1.165, 1.54) is 19.2 Å². The Morgan fingerprint density at radius 3 is 2.30 bits per heavy atom. The maximum atomic E-state index is 13.3. The molecule has 0 spiro atoms. The molecule has 1 N–H and O–H groups in total. The van der Waals surface area contributed by atoms with Crippen molar-refractivity contribution in [3.8, 4) is 0 Å². The summed E-state index contributed by atoms with van der Waals surface area (Å²) in [6, 6.07) is 12.3. The molecule has 0 bridgehead atoms. The van der Waals surface area contributed by atoms with E-state index in [2.05, 4.69) is 10.2 Å². The van der Waals surface area contributed by atoms with Gasteiger partial charge >= 0.3 is 12.1 Å². The summed E-state index contributed by atoms with van der Waals surface area (Å²) in [7, 11) is 1.33. The molecule has 2 aromatic carbocycles. The molecule has 0 aromatic heterocycles. The van der Waals surface area contributed by atoms with Crippen molar-refractivity contribution in [2.45, 2.75) is 56.0 Å². The van der Waals surface area contributed by atoms with Crippen LogP contribution >= 0.6 is 0 Å². The summed E-state index contributed by atoms with van der Waals surface area (Å²) < 4.78 is 43.3. The largest absolute Gasteiger partial charge is 0.465 e. The molecule has 0 radical (unpaired) electrons. The number of benzene rings is 2. The van der Waals surface area contributed by atoms with Crippen LogP contribution in [-0.2, 0) is 27.8 Å². The maximum absolute atomic E-state index is 13.3. The van der Waals surface area contributed by atoms with Crippen molar-refractivity contribution < 1.29 is 27.5 Å². The fourth-order valence-corrected chi connectivity index (χ4v) is 5.01. The molecule has 33 heavy (non-hydrogen) atoms. The molecule has 8 heteroatoms. The predicted octanol–water partition coefficient (Wildman–Crippen LogP) is 4.26. The molecule has 5 rings (SSSR count). The number of fused-ring (bicyclic) bond motifs is 1. The minimum atomic E-state index is -4.36. The van der Waals surface area contributed by atoms with Gasteiger partial charge in [0.2, 0.25) is 5.91 Å². The van der Waals surface area contributed by atoms with Gasteiger partial charge in [-0.3, -0.25) is 9.69 Å². The van der Waals surface area contributed by atoms with E-state index in [9.17, 15) is 22.8 Å². The van der Waals surface area contributed by atoms with Crippen LogP contribution in [0.2, 0.25) is 0 Å². The fourth-order valence-electron chi connectivity index (χ4n) is 5.01. The number of carbonyl (C=O) groups is 2. The van der Waals surface area contributed by atoms with Crippen molar-refractivity contribution in [3.63, 3.8) is 0 Å². The SMILES string of the molecule is COC(=O)c1ccc(C2(NC(=O)[C@H]3C[C@@H]4C[C@@H]4N3Cc3ccc(C(F)(F)F)cc3)CC2)cc1. The van der Waals surface area contributed by atoms with E-state index >= 15 is 0 Å². The predicted molar refractivity (Wildman–Crippen MR) is 114 cm³/mol. The third-order valence-corrected chi connectivity index (χ3v) is 7.16. The number of rotatable bonds is 6. The molecule has 174 valence electrons. The lowest BCUT2D eigenvalue weighted by Crippen LogP contribution is -2.48. The Kier molecular flexibility index (Phi) is 5.23. The van der Waals surface area contributed by atoms with Crippen molar-refractivity contribution in [2.75, 3.05) is 7.11 Å². The first kappa shape index (κ1) is 21.9. The number of likely N-dealkylation sites (tertiary alicyclic amines) is 1. The minimum absolute atomic E-state index is 0.0383. The second-order valence-corrected chi connectivity index (χ2v) is 9.32. The number of ether oxygens (including phenoxy) is 1. The average molecular weight is 458 g/mol. The van der Waals surface area contributed by atoms with E-state index in [1.54, 1.807) is 12.1 Å². The van der Waals surface area contributed by atoms with E-state index in [1.807, 2.05) is 12.1 Å². The number of methoxy groups -OCH3 is 1. The molecular weight excluding hydrogens is 433 g/mol. The van der Waals surface area contributed by atoms with Gasteiger partial charge in [-0.1, -0.05) is 24.3 Å². The van der Waals surface area contributed by atoms with Gasteiger partial charge in [0, 0.05) is 12.6 Å². The van der Waals surface area contributed by atoms with Gasteiger partial charge in [0.05, 0.1) is 29.8 Å². The van der Waals surface area contributed by atoms with Crippen LogP contribution in [0.3, 0.4) is 0 Å². The summed E-state index contributed by atoms with van der Waals surface area (Å²) in [5, 5.41) is 3.23. The van der Waals surface area contributed by atoms with Crippen LogP contribution in [0.1, 0.15) is 52.7 Å². The van der Waals surface area contributed by atoms with Crippen LogP contribution in [0.15, 0.2) is 48.5 Å². The van der Waals surface area contributed by atoms with Crippen molar-refractivity contribution in [1.29, 1.82) is 0 Å². The first-order valence-electron chi connectivity index (χ1n) is 11.1. The van der Waals surface area contributed by atoms with Gasteiger partial charge in [-0.15, -0.1) is 0 Å². The van der Waals surface area contributed by atoms with E-state index in [-0.39, 0.29) is 11.9 Å². The molecule has 2 saturated carbocycles. The smallest absolute Gasteiger partial charge is 0.416 e. The van der Waals surface area contributed by atoms with Crippen LogP contribution in [0, 0.1) is 5.92 Å². The maximum Gasteiger partial charge on any atom is 0.416 e. The Hall–Kier alpha value is -2.87. The van der Waals surface area contributed by atoms with E-state index < -0.39 is 23.2 Å². The molecule has 0 unspecified atom stereocenters. The lowest BCUT2D eigenvalue weighted by molar-refractivity contribution is -0.137. The summed E-state index contributed by atoms with van der Waals surface area (Å²) in [6.45, 7) is 0.457. The van der Waals surface area contributed by atoms with Gasteiger partial charge in [0.1, 0.15) is 0 Å². The Labute approximate surface area is 189 Å². The Morgan fingerprint density at radius 2 is 1.73 bits per heavy atom. The number of nitrogens with one attached hydrogen (secondary N) is 1. The number of halogens is 3. The quantitative estimate of drug-likeness (QED) is 0.658. The first-order valence-corrected chi connectivity index (χ1v) is 11.1. The van der Waals surface area contributed by atoms with Crippen molar-refractivity contribution in [3.05, 3.63) is 70.8 Å². The highest BCUT2D eigenvalue weighted by molar-refractivity contribution is 5.89. The molecule has 3 fully saturated rings. The number of alkyl halides is 3. The van der Waals surface area contributed by atoms with Crippen molar-refractivity contribution >= 4 is 11.9 Å². The van der Waals surface area contributed by atoms with Gasteiger partial charge in [-0.2, -0.15) is 13.2 Å². The highest BCUT2D eigenvalue weighted by atomic mass is 19.4. The molecule has 1 saturated heterocycles. The van der Waals surface area contributed by atoms with E-state index in [0.717, 1.165) is 48.9 Å². The second kappa shape index (κ2) is 7.87. The highest BCUT2D eigenvalue weighted by Gasteiger charge is 2.55. The van der Waals surface area contributed by atoms with Gasteiger partial charge in [0.25, 0.3) is 0 Å². The molecule has 3 aliphatic rings. The van der Waals surface area contributed by atoms with Gasteiger partial charge in [-0.05, 0) is 67.0 Å². The number of amides is 1. The number of carbonyl (C=O) groups excluding carboxylic acids is 2. The number of hydrogen-bond donors (Lipinski definition) is 1. The van der Waals surface area contributed by atoms with Crippen molar-refractivity contribution in [2.24, 2.45) is 5.92 Å². The molecule has 1 amide bonds. The molecule has 2 aliphatic carbocycles. The van der Waals surface area contributed by atoms with Crippen LogP contribution < -0.4 is 5.32 Å². The fraction of sp³-hybridized carbons (Fsp3) is 0.440. The average Bonchev–Trinajstić information content (AvgIpc) is 3.72. The van der Waals surface area contributed by atoms with Crippen LogP contribution in [0.5, 0.6) is 0 Å². The van der Waals surface area contributed by atoms with Gasteiger partial charge in [0.15, 0.2) is 0 Å². The normalized spacial score (nSPS) is 25.3. The molecule has 1 heterocycles. The zero-order valence-corrected chi connectivity index (χ0v) is 18.2. The first-order chi connectivity index (χ1) is 15.7. The number of nitrogens with zero attached hydrogens (tertiary/aromatic N) is 1. The topological polar surface area (TPSA) is 58.6 Å². The molecule has 1 aliphatic heterocycles. The molecular formula is C25H25F3N2O3.